The van der Waals surface area contributed by atoms with Crippen molar-refractivity contribution >= 4 is 27.9 Å². The summed E-state index contributed by atoms with van der Waals surface area (Å²) in [7, 11) is 0. The zero-order valence-electron chi connectivity index (χ0n) is 11.8. The lowest BCUT2D eigenvalue weighted by Crippen LogP contribution is -2.24. The van der Waals surface area contributed by atoms with Crippen LogP contribution in [0.15, 0.2) is 58.0 Å². The summed E-state index contributed by atoms with van der Waals surface area (Å²) in [6.07, 6.45) is 2.01. The van der Waals surface area contributed by atoms with Crippen molar-refractivity contribution < 1.29 is 15.0 Å². The molecule has 2 aromatic rings. The van der Waals surface area contributed by atoms with E-state index in [-0.39, 0.29) is 11.5 Å². The Morgan fingerprint density at radius 3 is 2.59 bits per heavy atom. The van der Waals surface area contributed by atoms with Crippen LogP contribution in [-0.2, 0) is 11.2 Å². The zero-order chi connectivity index (χ0) is 15.9. The maximum atomic E-state index is 11.8. The molecule has 4 nitrogen and oxygen atoms in total. The Morgan fingerprint density at radius 2 is 1.95 bits per heavy atom. The number of nitrogens with zero attached hydrogens (tertiary/aromatic N) is 1. The molecule has 0 aliphatic carbocycles. The van der Waals surface area contributed by atoms with Crippen molar-refractivity contribution in [2.45, 2.75) is 12.5 Å². The Hall–Kier alpha value is -1.98. The summed E-state index contributed by atoms with van der Waals surface area (Å²) in [6, 6.07) is 13.5. The molecule has 1 unspecified atom stereocenters. The highest BCUT2D eigenvalue weighted by Gasteiger charge is 2.16. The number of carbonyl (C=O) groups excluding carboxylic acids is 1. The van der Waals surface area contributed by atoms with E-state index >= 15 is 0 Å². The summed E-state index contributed by atoms with van der Waals surface area (Å²) in [5.41, 5.74) is 1.74. The third-order valence-corrected chi connectivity index (χ3v) is 3.64. The van der Waals surface area contributed by atoms with E-state index in [1.807, 2.05) is 24.3 Å². The average Bonchev–Trinajstić information content (AvgIpc) is 2.52. The molecule has 5 heteroatoms. The highest BCUT2D eigenvalue weighted by molar-refractivity contribution is 9.10. The normalized spacial score (nSPS) is 12.5. The predicted octanol–water partition coefficient (Wildman–Crippen LogP) is 2.75. The number of aliphatic hydroxyl groups is 1. The summed E-state index contributed by atoms with van der Waals surface area (Å²) in [5, 5.41) is 18.4. The standard InChI is InChI=1S/C17H16BrNO3/c18-14-3-1-2-13(8-14)10-19-16(17(22)11-20)9-12-4-6-15(21)7-5-12/h1-8,10,16,20-21H,9,11H2. The Kier molecular flexibility index (Phi) is 5.86. The van der Waals surface area contributed by atoms with E-state index in [2.05, 4.69) is 20.9 Å². The lowest BCUT2D eigenvalue weighted by Gasteiger charge is -2.10. The average molecular weight is 362 g/mol. The molecule has 2 rings (SSSR count). The van der Waals surface area contributed by atoms with Gasteiger partial charge in [0.25, 0.3) is 0 Å². The summed E-state index contributed by atoms with van der Waals surface area (Å²) in [5.74, 6) is -0.161. The molecule has 0 aromatic heterocycles. The molecule has 0 saturated carbocycles. The maximum absolute atomic E-state index is 11.8. The molecule has 0 fully saturated rings. The lowest BCUT2D eigenvalue weighted by molar-refractivity contribution is -0.122. The van der Waals surface area contributed by atoms with Crippen LogP contribution in [0.3, 0.4) is 0 Å². The third-order valence-electron chi connectivity index (χ3n) is 3.15. The first-order valence-electron chi connectivity index (χ1n) is 6.78. The summed E-state index contributed by atoms with van der Waals surface area (Å²) < 4.78 is 0.931. The molecule has 2 N–H and O–H groups in total. The van der Waals surface area contributed by atoms with E-state index in [4.69, 9.17) is 5.11 Å². The fourth-order valence-corrected chi connectivity index (χ4v) is 2.39. The second-order valence-corrected chi connectivity index (χ2v) is 5.76. The number of aromatic hydroxyl groups is 1. The van der Waals surface area contributed by atoms with E-state index in [1.165, 1.54) is 0 Å². The molecule has 0 amide bonds. The van der Waals surface area contributed by atoms with Crippen LogP contribution in [0.2, 0.25) is 0 Å². The van der Waals surface area contributed by atoms with Crippen molar-refractivity contribution in [3.8, 4) is 5.75 Å². The van der Waals surface area contributed by atoms with E-state index in [0.717, 1.165) is 15.6 Å². The number of phenols is 1. The number of rotatable bonds is 6. The molecule has 0 aliphatic heterocycles. The van der Waals surface area contributed by atoms with Gasteiger partial charge < -0.3 is 10.2 Å². The van der Waals surface area contributed by atoms with Crippen LogP contribution >= 0.6 is 15.9 Å². The Balaban J connectivity index is 2.15. The van der Waals surface area contributed by atoms with Gasteiger partial charge in [0, 0.05) is 17.1 Å². The number of hydrogen-bond acceptors (Lipinski definition) is 4. The van der Waals surface area contributed by atoms with Crippen molar-refractivity contribution in [2.24, 2.45) is 4.99 Å². The molecule has 2 aromatic carbocycles. The van der Waals surface area contributed by atoms with Gasteiger partial charge in [-0.2, -0.15) is 0 Å². The minimum absolute atomic E-state index is 0.173. The molecule has 0 heterocycles. The Labute approximate surface area is 137 Å². The highest BCUT2D eigenvalue weighted by atomic mass is 79.9. The number of ketones is 1. The van der Waals surface area contributed by atoms with E-state index in [0.29, 0.717) is 6.42 Å². The van der Waals surface area contributed by atoms with E-state index < -0.39 is 12.6 Å². The summed E-state index contributed by atoms with van der Waals surface area (Å²) >= 11 is 3.38. The highest BCUT2D eigenvalue weighted by Crippen LogP contribution is 2.14. The maximum Gasteiger partial charge on any atom is 0.182 e. The number of hydrogen-bond donors (Lipinski definition) is 2. The number of benzene rings is 2. The summed E-state index contributed by atoms with van der Waals surface area (Å²) in [6.45, 7) is -0.543. The van der Waals surface area contributed by atoms with Gasteiger partial charge in [-0.25, -0.2) is 0 Å². The second kappa shape index (κ2) is 7.87. The van der Waals surface area contributed by atoms with Gasteiger partial charge in [-0.05, 0) is 35.4 Å². The van der Waals surface area contributed by atoms with Gasteiger partial charge in [0.2, 0.25) is 0 Å². The van der Waals surface area contributed by atoms with Gasteiger partial charge in [-0.3, -0.25) is 9.79 Å². The van der Waals surface area contributed by atoms with Crippen LogP contribution in [0.1, 0.15) is 11.1 Å². The van der Waals surface area contributed by atoms with E-state index in [1.54, 1.807) is 30.5 Å². The minimum Gasteiger partial charge on any atom is -0.508 e. The molecule has 0 saturated heterocycles. The minimum atomic E-state index is -0.645. The van der Waals surface area contributed by atoms with Crippen molar-refractivity contribution in [2.75, 3.05) is 6.61 Å². The van der Waals surface area contributed by atoms with Crippen LogP contribution in [-0.4, -0.2) is 34.9 Å². The smallest absolute Gasteiger partial charge is 0.182 e. The summed E-state index contributed by atoms with van der Waals surface area (Å²) in [4.78, 5) is 16.2. The fourth-order valence-electron chi connectivity index (χ4n) is 1.97. The number of phenolic OH excluding ortho intramolecular Hbond substituents is 1. The van der Waals surface area contributed by atoms with Crippen LogP contribution in [0.25, 0.3) is 0 Å². The molecule has 0 aliphatic rings. The Bertz CT molecular complexity index is 668. The van der Waals surface area contributed by atoms with Crippen molar-refractivity contribution in [3.63, 3.8) is 0 Å². The van der Waals surface area contributed by atoms with Crippen molar-refractivity contribution in [1.29, 1.82) is 0 Å². The monoisotopic (exact) mass is 361 g/mol. The van der Waals surface area contributed by atoms with Gasteiger partial charge in [0.15, 0.2) is 5.78 Å². The first kappa shape index (κ1) is 16.4. The number of carbonyl (C=O) groups is 1. The first-order valence-corrected chi connectivity index (χ1v) is 7.58. The van der Waals surface area contributed by atoms with Crippen LogP contribution < -0.4 is 0 Å². The van der Waals surface area contributed by atoms with Gasteiger partial charge in [0.05, 0.1) is 0 Å². The topological polar surface area (TPSA) is 69.9 Å². The van der Waals surface area contributed by atoms with Gasteiger partial charge in [0.1, 0.15) is 18.4 Å². The number of Topliss-reactive ketones (excluding diaryl/α,β-unsaturated/α-hetero) is 1. The molecule has 1 atom stereocenters. The van der Waals surface area contributed by atoms with Gasteiger partial charge in [-0.15, -0.1) is 0 Å². The number of aliphatic imine (C=N–C) groups is 1. The SMILES string of the molecule is O=C(CO)C(Cc1ccc(O)cc1)N=Cc1cccc(Br)c1. The van der Waals surface area contributed by atoms with Gasteiger partial charge >= 0.3 is 0 Å². The molecule has 22 heavy (non-hydrogen) atoms. The first-order chi connectivity index (χ1) is 10.6. The van der Waals surface area contributed by atoms with E-state index in [9.17, 15) is 9.90 Å². The zero-order valence-corrected chi connectivity index (χ0v) is 13.4. The molecular formula is C17H16BrNO3. The number of aliphatic hydroxyl groups excluding tert-OH is 1. The molecule has 0 radical (unpaired) electrons. The molecule has 0 spiro atoms. The number of halogens is 1. The predicted molar refractivity (Wildman–Crippen MR) is 89.4 cm³/mol. The lowest BCUT2D eigenvalue weighted by atomic mass is 10.0. The van der Waals surface area contributed by atoms with Crippen LogP contribution in [0, 0.1) is 0 Å². The van der Waals surface area contributed by atoms with Gasteiger partial charge in [-0.1, -0.05) is 40.2 Å². The quantitative estimate of drug-likeness (QED) is 0.777. The second-order valence-electron chi connectivity index (χ2n) is 4.84. The van der Waals surface area contributed by atoms with Crippen LogP contribution in [0.4, 0.5) is 0 Å². The largest absolute Gasteiger partial charge is 0.508 e. The fraction of sp³-hybridized carbons (Fsp3) is 0.176. The van der Waals surface area contributed by atoms with Crippen LogP contribution in [0.5, 0.6) is 5.75 Å². The molecule has 114 valence electrons. The third kappa shape index (κ3) is 4.79. The Morgan fingerprint density at radius 1 is 1.23 bits per heavy atom. The van der Waals surface area contributed by atoms with Crippen molar-refractivity contribution in [3.05, 3.63) is 64.1 Å². The van der Waals surface area contributed by atoms with Crippen molar-refractivity contribution in [1.82, 2.24) is 0 Å². The molecule has 0 bridgehead atoms. The molecular weight excluding hydrogens is 346 g/mol.